The Hall–Kier alpha value is -3.45. The van der Waals surface area contributed by atoms with Crippen LogP contribution < -0.4 is 0 Å². The summed E-state index contributed by atoms with van der Waals surface area (Å²) in [5.41, 5.74) is 2.41. The average Bonchev–Trinajstić information content (AvgIpc) is 3.42. The minimum atomic E-state index is -0.356. The molecule has 0 atom stereocenters. The molecule has 0 unspecified atom stereocenters. The van der Waals surface area contributed by atoms with Crippen molar-refractivity contribution in [2.75, 3.05) is 0 Å². The van der Waals surface area contributed by atoms with Crippen molar-refractivity contribution in [2.45, 2.75) is 19.4 Å². The zero-order valence-electron chi connectivity index (χ0n) is 15.4. The second kappa shape index (κ2) is 8.70. The minimum Gasteiger partial charge on any atom is -0.459 e. The first-order chi connectivity index (χ1) is 14.2. The standard InChI is InChI=1S/C21H17ClN4O3/c22-16-8-6-15(7-9-16)21-23-19(29-25-21)10-11-20(27)28-14-17-12-13-26(24-17)18-4-2-1-3-5-18/h1-9,12-13H,10-11,14H2. The molecule has 0 amide bonds. The number of aryl methyl sites for hydroxylation is 1. The highest BCUT2D eigenvalue weighted by molar-refractivity contribution is 6.30. The Morgan fingerprint density at radius 3 is 2.66 bits per heavy atom. The number of nitrogens with zero attached hydrogens (tertiary/aromatic N) is 4. The van der Waals surface area contributed by atoms with E-state index in [1.54, 1.807) is 28.9 Å². The molecule has 2 aromatic heterocycles. The molecule has 0 saturated heterocycles. The molecular formula is C21H17ClN4O3. The lowest BCUT2D eigenvalue weighted by Gasteiger charge is -2.02. The average molecular weight is 409 g/mol. The van der Waals surface area contributed by atoms with E-state index >= 15 is 0 Å². The summed E-state index contributed by atoms with van der Waals surface area (Å²) in [7, 11) is 0. The van der Waals surface area contributed by atoms with E-state index in [9.17, 15) is 4.79 Å². The second-order valence-corrected chi connectivity index (χ2v) is 6.70. The Morgan fingerprint density at radius 2 is 1.86 bits per heavy atom. The van der Waals surface area contributed by atoms with E-state index in [1.165, 1.54) is 0 Å². The summed E-state index contributed by atoms with van der Waals surface area (Å²) >= 11 is 5.87. The maximum absolute atomic E-state index is 12.0. The number of para-hydroxylation sites is 1. The lowest BCUT2D eigenvalue weighted by Crippen LogP contribution is -2.07. The lowest BCUT2D eigenvalue weighted by atomic mass is 10.2. The number of esters is 1. The number of carbonyl (C=O) groups is 1. The third-order valence-electron chi connectivity index (χ3n) is 4.16. The van der Waals surface area contributed by atoms with Crippen molar-refractivity contribution in [2.24, 2.45) is 0 Å². The summed E-state index contributed by atoms with van der Waals surface area (Å²) in [5, 5.41) is 8.96. The van der Waals surface area contributed by atoms with Crippen LogP contribution in [0, 0.1) is 0 Å². The molecule has 4 aromatic rings. The van der Waals surface area contributed by atoms with E-state index < -0.39 is 0 Å². The molecule has 8 heteroatoms. The molecule has 7 nitrogen and oxygen atoms in total. The molecule has 0 aliphatic rings. The molecule has 146 valence electrons. The molecule has 0 bridgehead atoms. The molecule has 0 fully saturated rings. The Labute approximate surface area is 171 Å². The third kappa shape index (κ3) is 4.89. The summed E-state index contributed by atoms with van der Waals surface area (Å²) in [4.78, 5) is 16.3. The predicted molar refractivity (Wildman–Crippen MR) is 106 cm³/mol. The van der Waals surface area contributed by atoms with Gasteiger partial charge in [-0.3, -0.25) is 4.79 Å². The van der Waals surface area contributed by atoms with Gasteiger partial charge < -0.3 is 9.26 Å². The number of carbonyl (C=O) groups excluding carboxylic acids is 1. The number of halogens is 1. The topological polar surface area (TPSA) is 83.0 Å². The molecule has 2 heterocycles. The molecule has 0 aliphatic carbocycles. The summed E-state index contributed by atoms with van der Waals surface area (Å²) in [6.07, 6.45) is 2.27. The lowest BCUT2D eigenvalue weighted by molar-refractivity contribution is -0.145. The van der Waals surface area contributed by atoms with Gasteiger partial charge in [-0.15, -0.1) is 0 Å². The van der Waals surface area contributed by atoms with Crippen LogP contribution in [0.1, 0.15) is 18.0 Å². The van der Waals surface area contributed by atoms with Gasteiger partial charge in [0.05, 0.1) is 12.1 Å². The first kappa shape index (κ1) is 18.9. The first-order valence-corrected chi connectivity index (χ1v) is 9.39. The highest BCUT2D eigenvalue weighted by atomic mass is 35.5. The smallest absolute Gasteiger partial charge is 0.306 e. The monoisotopic (exact) mass is 408 g/mol. The maximum atomic E-state index is 12.0. The van der Waals surface area contributed by atoms with Gasteiger partial charge >= 0.3 is 5.97 Å². The van der Waals surface area contributed by atoms with Crippen LogP contribution in [0.2, 0.25) is 5.02 Å². The van der Waals surface area contributed by atoms with Gasteiger partial charge in [-0.05, 0) is 42.5 Å². The summed E-state index contributed by atoms with van der Waals surface area (Å²) < 4.78 is 12.2. The summed E-state index contributed by atoms with van der Waals surface area (Å²) in [6, 6.07) is 18.6. The van der Waals surface area contributed by atoms with Crippen LogP contribution in [0.3, 0.4) is 0 Å². The third-order valence-corrected chi connectivity index (χ3v) is 4.41. The van der Waals surface area contributed by atoms with Crippen molar-refractivity contribution in [1.29, 1.82) is 0 Å². The molecule has 0 aliphatic heterocycles. The van der Waals surface area contributed by atoms with Gasteiger partial charge in [-0.1, -0.05) is 35.0 Å². The van der Waals surface area contributed by atoms with Crippen molar-refractivity contribution >= 4 is 17.6 Å². The minimum absolute atomic E-state index is 0.110. The van der Waals surface area contributed by atoms with Crippen molar-refractivity contribution in [3.05, 3.63) is 83.5 Å². The van der Waals surface area contributed by atoms with Crippen molar-refractivity contribution in [1.82, 2.24) is 19.9 Å². The largest absolute Gasteiger partial charge is 0.459 e. The first-order valence-electron chi connectivity index (χ1n) is 9.01. The molecule has 29 heavy (non-hydrogen) atoms. The Bertz CT molecular complexity index is 1090. The molecule has 2 aromatic carbocycles. The molecule has 0 N–H and O–H groups in total. The van der Waals surface area contributed by atoms with Gasteiger partial charge in [0, 0.05) is 23.2 Å². The Morgan fingerprint density at radius 1 is 1.07 bits per heavy atom. The number of rotatable bonds is 7. The van der Waals surface area contributed by atoms with Crippen LogP contribution in [-0.4, -0.2) is 25.9 Å². The Balaban J connectivity index is 1.27. The van der Waals surface area contributed by atoms with Crippen LogP contribution in [0.25, 0.3) is 17.1 Å². The second-order valence-electron chi connectivity index (χ2n) is 6.27. The van der Waals surface area contributed by atoms with Crippen LogP contribution in [0.4, 0.5) is 0 Å². The fraction of sp³-hybridized carbons (Fsp3) is 0.143. The van der Waals surface area contributed by atoms with Crippen LogP contribution in [0.5, 0.6) is 0 Å². The van der Waals surface area contributed by atoms with Gasteiger partial charge in [-0.25, -0.2) is 4.68 Å². The zero-order chi connectivity index (χ0) is 20.1. The van der Waals surface area contributed by atoms with Gasteiger partial charge in [-0.2, -0.15) is 10.1 Å². The number of hydrogen-bond donors (Lipinski definition) is 0. The molecular weight excluding hydrogens is 392 g/mol. The van der Waals surface area contributed by atoms with Crippen molar-refractivity contribution in [3.63, 3.8) is 0 Å². The highest BCUT2D eigenvalue weighted by Crippen LogP contribution is 2.19. The van der Waals surface area contributed by atoms with E-state index in [4.69, 9.17) is 20.9 Å². The van der Waals surface area contributed by atoms with E-state index in [0.29, 0.717) is 28.9 Å². The van der Waals surface area contributed by atoms with E-state index in [0.717, 1.165) is 11.3 Å². The van der Waals surface area contributed by atoms with Gasteiger partial charge in [0.2, 0.25) is 11.7 Å². The fourth-order valence-electron chi connectivity index (χ4n) is 2.67. The molecule has 0 radical (unpaired) electrons. The van der Waals surface area contributed by atoms with Crippen molar-refractivity contribution < 1.29 is 14.1 Å². The quantitative estimate of drug-likeness (QED) is 0.425. The van der Waals surface area contributed by atoms with Gasteiger partial charge in [0.1, 0.15) is 12.3 Å². The Kier molecular flexibility index (Phi) is 5.67. The highest BCUT2D eigenvalue weighted by Gasteiger charge is 2.12. The van der Waals surface area contributed by atoms with E-state index in [-0.39, 0.29) is 19.0 Å². The number of aromatic nitrogens is 4. The predicted octanol–water partition coefficient (Wildman–Crippen LogP) is 4.25. The SMILES string of the molecule is O=C(CCc1nc(-c2ccc(Cl)cc2)no1)OCc1ccn(-c2ccccc2)n1. The van der Waals surface area contributed by atoms with E-state index in [2.05, 4.69) is 15.2 Å². The molecule has 0 saturated carbocycles. The van der Waals surface area contributed by atoms with Crippen molar-refractivity contribution in [3.8, 4) is 17.1 Å². The van der Waals surface area contributed by atoms with Gasteiger partial charge in [0.25, 0.3) is 0 Å². The number of hydrogen-bond acceptors (Lipinski definition) is 6. The van der Waals surface area contributed by atoms with Crippen LogP contribution in [-0.2, 0) is 22.6 Å². The fourth-order valence-corrected chi connectivity index (χ4v) is 2.80. The zero-order valence-corrected chi connectivity index (χ0v) is 16.1. The summed E-state index contributed by atoms with van der Waals surface area (Å²) in [6.45, 7) is 0.110. The van der Waals surface area contributed by atoms with Crippen LogP contribution in [0.15, 0.2) is 71.4 Å². The normalized spacial score (nSPS) is 10.8. The maximum Gasteiger partial charge on any atom is 0.306 e. The molecule has 0 spiro atoms. The van der Waals surface area contributed by atoms with Gasteiger partial charge in [0.15, 0.2) is 0 Å². The molecule has 4 rings (SSSR count). The number of ether oxygens (including phenoxy) is 1. The van der Waals surface area contributed by atoms with Crippen LogP contribution >= 0.6 is 11.6 Å². The van der Waals surface area contributed by atoms with E-state index in [1.807, 2.05) is 42.6 Å². The number of benzene rings is 2. The summed E-state index contributed by atoms with van der Waals surface area (Å²) in [5.74, 6) is 0.474.